The van der Waals surface area contributed by atoms with Gasteiger partial charge in [0.15, 0.2) is 0 Å². The Kier molecular flexibility index (Phi) is 5.41. The normalized spacial score (nSPS) is 10.1. The Labute approximate surface area is 56.0 Å². The van der Waals surface area contributed by atoms with Crippen LogP contribution in [0.4, 0.5) is 0 Å². The average molecular weight is 132 g/mol. The molecule has 0 radical (unpaired) electrons. The van der Waals surface area contributed by atoms with Gasteiger partial charge in [-0.1, -0.05) is 19.0 Å². The first-order valence-corrected chi connectivity index (χ1v) is 3.36. The lowest BCUT2D eigenvalue weighted by molar-refractivity contribution is 0.313. The highest BCUT2D eigenvalue weighted by molar-refractivity contribution is 4.52. The van der Waals surface area contributed by atoms with E-state index in [2.05, 4.69) is 23.9 Å². The van der Waals surface area contributed by atoms with Crippen molar-refractivity contribution in [2.24, 2.45) is 5.18 Å². The fraction of sp³-hybridized carbons (Fsp3) is 1.00. The monoisotopic (exact) mass is 132 g/mol. The van der Waals surface area contributed by atoms with Crippen LogP contribution in [0.15, 0.2) is 5.18 Å². The van der Waals surface area contributed by atoms with Crippen molar-refractivity contribution in [3.8, 4) is 0 Å². The van der Waals surface area contributed by atoms with Crippen LogP contribution in [-0.2, 0) is 0 Å². The molecule has 0 amide bonds. The van der Waals surface area contributed by atoms with Gasteiger partial charge in [-0.2, -0.15) is 4.91 Å². The Balaban J connectivity index is 3.19. The van der Waals surface area contributed by atoms with Crippen molar-refractivity contribution in [3.05, 3.63) is 4.91 Å². The van der Waals surface area contributed by atoms with E-state index in [-0.39, 0.29) is 0 Å². The molecule has 0 N–H and O–H groups in total. The van der Waals surface area contributed by atoms with E-state index >= 15 is 0 Å². The molecule has 0 atom stereocenters. The quantitative estimate of drug-likeness (QED) is 0.524. The van der Waals surface area contributed by atoms with E-state index in [1.165, 1.54) is 0 Å². The van der Waals surface area contributed by atoms with Gasteiger partial charge in [0.2, 0.25) is 0 Å². The first-order chi connectivity index (χ1) is 4.35. The van der Waals surface area contributed by atoms with Gasteiger partial charge in [0.1, 0.15) is 0 Å². The highest BCUT2D eigenvalue weighted by Gasteiger charge is 1.95. The molecule has 0 spiro atoms. The van der Waals surface area contributed by atoms with Gasteiger partial charge in [-0.15, -0.1) is 0 Å². The number of likely N-dealkylation sites (N-methyl/N-ethyl adjacent to an activating group) is 1. The molecule has 0 rings (SSSR count). The van der Waals surface area contributed by atoms with Gasteiger partial charge in [0.25, 0.3) is 0 Å². The molecule has 3 nitrogen and oxygen atoms in total. The van der Waals surface area contributed by atoms with Crippen LogP contribution >= 0.6 is 0 Å². The molecule has 0 saturated heterocycles. The molecular formula is C6H14N2O. The van der Waals surface area contributed by atoms with Gasteiger partial charge >= 0.3 is 0 Å². The highest BCUT2D eigenvalue weighted by atomic mass is 16.3. The van der Waals surface area contributed by atoms with Gasteiger partial charge in [-0.05, 0) is 13.1 Å². The van der Waals surface area contributed by atoms with Crippen molar-refractivity contribution in [3.63, 3.8) is 0 Å². The molecule has 0 fully saturated rings. The zero-order valence-corrected chi connectivity index (χ0v) is 6.13. The molecule has 0 aliphatic heterocycles. The van der Waals surface area contributed by atoms with Crippen molar-refractivity contribution in [1.82, 2.24) is 4.90 Å². The maximum atomic E-state index is 9.66. The largest absolute Gasteiger partial charge is 0.302 e. The Morgan fingerprint density at radius 2 is 2.33 bits per heavy atom. The lowest BCUT2D eigenvalue weighted by atomic mass is 10.6. The smallest absolute Gasteiger partial charge is 0.0938 e. The van der Waals surface area contributed by atoms with E-state index in [9.17, 15) is 4.91 Å². The minimum atomic E-state index is 0.418. The van der Waals surface area contributed by atoms with Crippen LogP contribution in [-0.4, -0.2) is 31.1 Å². The fourth-order valence-electron chi connectivity index (χ4n) is 0.722. The minimum absolute atomic E-state index is 0.418. The average Bonchev–Trinajstić information content (AvgIpc) is 1.91. The standard InChI is InChI=1S/C6H14N2O/c1-3-8(4-2)6-5-7-9/h3-6H2,1-2H3/i3+2. The molecule has 0 aromatic rings. The van der Waals surface area contributed by atoms with Crippen LogP contribution in [0.25, 0.3) is 0 Å². The molecule has 54 valence electrons. The summed E-state index contributed by atoms with van der Waals surface area (Å²) in [5, 5.41) is 2.78. The summed E-state index contributed by atoms with van der Waals surface area (Å²) in [5.41, 5.74) is 0. The number of rotatable bonds is 5. The van der Waals surface area contributed by atoms with Gasteiger partial charge in [0, 0.05) is 6.54 Å². The first-order valence-electron chi connectivity index (χ1n) is 3.36. The lowest BCUT2D eigenvalue weighted by Crippen LogP contribution is -2.25. The summed E-state index contributed by atoms with van der Waals surface area (Å²) in [6.07, 6.45) is 0. The van der Waals surface area contributed by atoms with E-state index in [4.69, 9.17) is 0 Å². The summed E-state index contributed by atoms with van der Waals surface area (Å²) in [4.78, 5) is 11.8. The number of hydrogen-bond acceptors (Lipinski definition) is 3. The Morgan fingerprint density at radius 3 is 2.67 bits per heavy atom. The minimum Gasteiger partial charge on any atom is -0.302 e. The second kappa shape index (κ2) is 5.69. The summed E-state index contributed by atoms with van der Waals surface area (Å²) < 4.78 is 0. The maximum absolute atomic E-state index is 9.66. The van der Waals surface area contributed by atoms with Crippen molar-refractivity contribution in [1.29, 1.82) is 0 Å². The number of nitrogens with zero attached hydrogens (tertiary/aromatic N) is 2. The third-order valence-corrected chi connectivity index (χ3v) is 1.40. The van der Waals surface area contributed by atoms with Crippen LogP contribution in [0, 0.1) is 4.91 Å². The second-order valence-corrected chi connectivity index (χ2v) is 1.88. The van der Waals surface area contributed by atoms with E-state index < -0.39 is 0 Å². The van der Waals surface area contributed by atoms with Crippen molar-refractivity contribution >= 4 is 0 Å². The third kappa shape index (κ3) is 4.09. The molecule has 0 unspecified atom stereocenters. The predicted octanol–water partition coefficient (Wildman–Crippen LogP) is 1.09. The van der Waals surface area contributed by atoms with E-state index in [0.717, 1.165) is 19.6 Å². The summed E-state index contributed by atoms with van der Waals surface area (Å²) >= 11 is 0. The molecule has 0 aromatic heterocycles. The van der Waals surface area contributed by atoms with Crippen molar-refractivity contribution in [2.75, 3.05) is 26.2 Å². The van der Waals surface area contributed by atoms with Crippen LogP contribution in [0.3, 0.4) is 0 Å². The Bertz CT molecular complexity index is 71.5. The maximum Gasteiger partial charge on any atom is 0.0938 e. The van der Waals surface area contributed by atoms with E-state index in [0.29, 0.717) is 6.54 Å². The summed E-state index contributed by atoms with van der Waals surface area (Å²) in [6, 6.07) is 0. The molecule has 0 aliphatic carbocycles. The topological polar surface area (TPSA) is 32.7 Å². The van der Waals surface area contributed by atoms with Crippen LogP contribution in [0.2, 0.25) is 0 Å². The molecule has 0 bridgehead atoms. The predicted molar refractivity (Wildman–Crippen MR) is 38.5 cm³/mol. The van der Waals surface area contributed by atoms with E-state index in [1.807, 2.05) is 0 Å². The van der Waals surface area contributed by atoms with Crippen molar-refractivity contribution < 1.29 is 0 Å². The zero-order valence-electron chi connectivity index (χ0n) is 6.13. The summed E-state index contributed by atoms with van der Waals surface area (Å²) in [7, 11) is 0. The van der Waals surface area contributed by atoms with E-state index in [1.54, 1.807) is 0 Å². The zero-order chi connectivity index (χ0) is 7.11. The number of hydrogen-bond donors (Lipinski definition) is 0. The molecule has 0 aliphatic rings. The van der Waals surface area contributed by atoms with Gasteiger partial charge in [-0.25, -0.2) is 0 Å². The van der Waals surface area contributed by atoms with Crippen LogP contribution in [0.5, 0.6) is 0 Å². The lowest BCUT2D eigenvalue weighted by Gasteiger charge is -2.14. The molecule has 0 heterocycles. The fourth-order valence-corrected chi connectivity index (χ4v) is 0.722. The van der Waals surface area contributed by atoms with Gasteiger partial charge in [-0.3, -0.25) is 0 Å². The van der Waals surface area contributed by atoms with Crippen LogP contribution in [0.1, 0.15) is 13.8 Å². The summed E-state index contributed by atoms with van der Waals surface area (Å²) in [5.74, 6) is 0. The molecular weight excluding hydrogens is 118 g/mol. The van der Waals surface area contributed by atoms with Crippen LogP contribution < -0.4 is 0 Å². The SMILES string of the molecule is CCN(CCN=O)[14CH2]C. The van der Waals surface area contributed by atoms with Gasteiger partial charge < -0.3 is 4.90 Å². The second-order valence-electron chi connectivity index (χ2n) is 1.88. The highest BCUT2D eigenvalue weighted by Crippen LogP contribution is 1.84. The third-order valence-electron chi connectivity index (χ3n) is 1.40. The molecule has 9 heavy (non-hydrogen) atoms. The van der Waals surface area contributed by atoms with Crippen molar-refractivity contribution in [2.45, 2.75) is 13.8 Å². The molecule has 0 saturated carbocycles. The number of nitroso groups, excluding NO2 is 1. The Morgan fingerprint density at radius 1 is 1.67 bits per heavy atom. The Hall–Kier alpha value is -0.440. The molecule has 3 heteroatoms. The first kappa shape index (κ1) is 8.56. The summed E-state index contributed by atoms with van der Waals surface area (Å²) in [6.45, 7) is 7.39. The van der Waals surface area contributed by atoms with Gasteiger partial charge in [0.05, 0.1) is 6.54 Å². The molecule has 0 aromatic carbocycles.